The van der Waals surface area contributed by atoms with Crippen molar-refractivity contribution >= 4 is 21.9 Å². The number of hydrogen-bond donors (Lipinski definition) is 1. The Labute approximate surface area is 144 Å². The molecule has 25 heavy (non-hydrogen) atoms. The molecule has 0 heterocycles. The number of nitrogens with one attached hydrogen (secondary N) is 1. The fourth-order valence-corrected chi connectivity index (χ4v) is 2.74. The van der Waals surface area contributed by atoms with Crippen molar-refractivity contribution in [1.29, 1.82) is 0 Å². The van der Waals surface area contributed by atoms with Gasteiger partial charge in [0.05, 0.1) is 30.3 Å². The molecule has 0 fully saturated rings. The van der Waals surface area contributed by atoms with E-state index in [4.69, 9.17) is 9.47 Å². The van der Waals surface area contributed by atoms with Gasteiger partial charge >= 0.3 is 0 Å². The zero-order valence-electron chi connectivity index (χ0n) is 13.4. The van der Waals surface area contributed by atoms with Crippen LogP contribution in [0.1, 0.15) is 5.56 Å². The minimum Gasteiger partial charge on any atom is -0.497 e. The number of hydrogen-bond acceptors (Lipinski definition) is 7. The molecule has 2 rings (SSSR count). The number of rotatable bonds is 7. The van der Waals surface area contributed by atoms with E-state index in [1.807, 2.05) is 4.83 Å². The first-order chi connectivity index (χ1) is 11.9. The van der Waals surface area contributed by atoms with E-state index in [-0.39, 0.29) is 10.6 Å². The summed E-state index contributed by atoms with van der Waals surface area (Å²) in [5, 5.41) is 14.4. The number of ether oxygens (including phenoxy) is 2. The van der Waals surface area contributed by atoms with Gasteiger partial charge in [-0.1, -0.05) is 6.07 Å². The summed E-state index contributed by atoms with van der Waals surface area (Å²) in [5.74, 6) is 1.02. The van der Waals surface area contributed by atoms with Crippen LogP contribution in [0.5, 0.6) is 11.5 Å². The molecule has 1 N–H and O–H groups in total. The first-order valence-electron chi connectivity index (χ1n) is 6.88. The average Bonchev–Trinajstić information content (AvgIpc) is 2.61. The number of nitrogens with zero attached hydrogens (tertiary/aromatic N) is 2. The molecule has 0 spiro atoms. The number of non-ortho nitro benzene ring substituents is 1. The molecular weight excluding hydrogens is 350 g/mol. The lowest BCUT2D eigenvalue weighted by molar-refractivity contribution is -0.385. The quantitative estimate of drug-likeness (QED) is 0.455. The molecule has 10 heteroatoms. The Balaban J connectivity index is 2.21. The van der Waals surface area contributed by atoms with Crippen LogP contribution in [-0.2, 0) is 10.0 Å². The zero-order valence-corrected chi connectivity index (χ0v) is 14.2. The second-order valence-electron chi connectivity index (χ2n) is 4.72. The van der Waals surface area contributed by atoms with Crippen molar-refractivity contribution in [3.05, 3.63) is 58.1 Å². The molecular formula is C15H15N3O6S. The minimum absolute atomic E-state index is 0.263. The summed E-state index contributed by atoms with van der Waals surface area (Å²) < 4.78 is 34.5. The van der Waals surface area contributed by atoms with Crippen LogP contribution in [0.15, 0.2) is 52.5 Å². The normalized spacial score (nSPS) is 11.3. The Bertz CT molecular complexity index is 911. The SMILES string of the molecule is COc1ccc(/C=N/NS(=O)(=O)c2cccc([N+](=O)[O-])c2)c(OC)c1. The van der Waals surface area contributed by atoms with Crippen molar-refractivity contribution in [1.82, 2.24) is 4.83 Å². The van der Waals surface area contributed by atoms with Crippen LogP contribution in [-0.4, -0.2) is 33.8 Å². The van der Waals surface area contributed by atoms with Crippen molar-refractivity contribution in [3.8, 4) is 11.5 Å². The summed E-state index contributed by atoms with van der Waals surface area (Å²) in [6.45, 7) is 0. The lowest BCUT2D eigenvalue weighted by Crippen LogP contribution is -2.18. The highest BCUT2D eigenvalue weighted by Crippen LogP contribution is 2.23. The molecule has 0 atom stereocenters. The maximum atomic E-state index is 12.2. The van der Waals surface area contributed by atoms with Crippen molar-refractivity contribution in [2.75, 3.05) is 14.2 Å². The number of benzene rings is 2. The molecule has 0 bridgehead atoms. The van der Waals surface area contributed by atoms with Gasteiger partial charge in [-0.3, -0.25) is 10.1 Å². The maximum Gasteiger partial charge on any atom is 0.276 e. The van der Waals surface area contributed by atoms with E-state index >= 15 is 0 Å². The molecule has 2 aromatic rings. The predicted molar refractivity (Wildman–Crippen MR) is 90.6 cm³/mol. The van der Waals surface area contributed by atoms with E-state index in [2.05, 4.69) is 5.10 Å². The smallest absolute Gasteiger partial charge is 0.276 e. The molecule has 132 valence electrons. The summed E-state index contributed by atoms with van der Waals surface area (Å²) in [4.78, 5) is 11.8. The van der Waals surface area contributed by atoms with Crippen LogP contribution >= 0.6 is 0 Å². The maximum absolute atomic E-state index is 12.2. The highest BCUT2D eigenvalue weighted by Gasteiger charge is 2.16. The van der Waals surface area contributed by atoms with E-state index in [0.717, 1.165) is 6.07 Å². The Morgan fingerprint density at radius 1 is 1.16 bits per heavy atom. The second-order valence-corrected chi connectivity index (χ2v) is 6.38. The standard InChI is InChI=1S/C15H15N3O6S/c1-23-13-7-6-11(15(9-13)24-2)10-16-17-25(21,22)14-5-3-4-12(8-14)18(19)20/h3-10,17H,1-2H3/b16-10+. The van der Waals surface area contributed by atoms with Crippen LogP contribution < -0.4 is 14.3 Å². The molecule has 0 radical (unpaired) electrons. The largest absolute Gasteiger partial charge is 0.497 e. The van der Waals surface area contributed by atoms with E-state index in [9.17, 15) is 18.5 Å². The molecule has 0 saturated heterocycles. The van der Waals surface area contributed by atoms with Gasteiger partial charge in [0.25, 0.3) is 15.7 Å². The monoisotopic (exact) mass is 365 g/mol. The van der Waals surface area contributed by atoms with Gasteiger partial charge in [-0.05, 0) is 18.2 Å². The average molecular weight is 365 g/mol. The minimum atomic E-state index is -4.04. The summed E-state index contributed by atoms with van der Waals surface area (Å²) >= 11 is 0. The Morgan fingerprint density at radius 2 is 1.92 bits per heavy atom. The van der Waals surface area contributed by atoms with Crippen molar-refractivity contribution in [2.24, 2.45) is 5.10 Å². The summed E-state index contributed by atoms with van der Waals surface area (Å²) in [5.41, 5.74) is 0.189. The van der Waals surface area contributed by atoms with Gasteiger partial charge in [0, 0.05) is 23.8 Å². The second kappa shape index (κ2) is 7.62. The fourth-order valence-electron chi connectivity index (χ4n) is 1.91. The lowest BCUT2D eigenvalue weighted by Gasteiger charge is -2.07. The van der Waals surface area contributed by atoms with Gasteiger partial charge in [0.15, 0.2) is 0 Å². The van der Waals surface area contributed by atoms with Gasteiger partial charge in [0.1, 0.15) is 11.5 Å². The Morgan fingerprint density at radius 3 is 2.56 bits per heavy atom. The van der Waals surface area contributed by atoms with E-state index in [0.29, 0.717) is 17.1 Å². The number of methoxy groups -OCH3 is 2. The Kier molecular flexibility index (Phi) is 5.55. The van der Waals surface area contributed by atoms with Gasteiger partial charge < -0.3 is 9.47 Å². The number of hydrazone groups is 1. The van der Waals surface area contributed by atoms with Crippen LogP contribution in [0.3, 0.4) is 0 Å². The van der Waals surface area contributed by atoms with Crippen LogP contribution in [0, 0.1) is 10.1 Å². The third-order valence-electron chi connectivity index (χ3n) is 3.16. The highest BCUT2D eigenvalue weighted by atomic mass is 32.2. The van der Waals surface area contributed by atoms with Crippen LogP contribution in [0.4, 0.5) is 5.69 Å². The Hall–Kier alpha value is -3.14. The van der Waals surface area contributed by atoms with Gasteiger partial charge in [-0.25, -0.2) is 4.83 Å². The molecule has 0 aliphatic heterocycles. The van der Waals surface area contributed by atoms with E-state index in [1.165, 1.54) is 38.6 Å². The predicted octanol–water partition coefficient (Wildman–Crippen LogP) is 1.92. The van der Waals surface area contributed by atoms with Crippen LogP contribution in [0.2, 0.25) is 0 Å². The lowest BCUT2D eigenvalue weighted by atomic mass is 10.2. The first-order valence-corrected chi connectivity index (χ1v) is 8.37. The first kappa shape index (κ1) is 18.2. The summed E-state index contributed by atoms with van der Waals surface area (Å²) in [7, 11) is -1.07. The van der Waals surface area contributed by atoms with Crippen molar-refractivity contribution < 1.29 is 22.8 Å². The fraction of sp³-hybridized carbons (Fsp3) is 0.133. The van der Waals surface area contributed by atoms with Crippen LogP contribution in [0.25, 0.3) is 0 Å². The molecule has 2 aromatic carbocycles. The van der Waals surface area contributed by atoms with Crippen molar-refractivity contribution in [3.63, 3.8) is 0 Å². The highest BCUT2D eigenvalue weighted by molar-refractivity contribution is 7.89. The van der Waals surface area contributed by atoms with E-state index in [1.54, 1.807) is 18.2 Å². The molecule has 0 amide bonds. The topological polar surface area (TPSA) is 120 Å². The molecule has 9 nitrogen and oxygen atoms in total. The van der Waals surface area contributed by atoms with Gasteiger partial charge in [-0.2, -0.15) is 13.5 Å². The van der Waals surface area contributed by atoms with E-state index < -0.39 is 14.9 Å². The molecule has 0 unspecified atom stereocenters. The molecule has 0 aliphatic rings. The zero-order chi connectivity index (χ0) is 18.4. The third-order valence-corrected chi connectivity index (χ3v) is 4.38. The van der Waals surface area contributed by atoms with Gasteiger partial charge in [-0.15, -0.1) is 0 Å². The molecule has 0 aromatic heterocycles. The molecule has 0 aliphatic carbocycles. The van der Waals surface area contributed by atoms with Crippen molar-refractivity contribution in [2.45, 2.75) is 4.90 Å². The molecule has 0 saturated carbocycles. The third kappa shape index (κ3) is 4.44. The summed E-state index contributed by atoms with van der Waals surface area (Å²) in [6, 6.07) is 9.59. The number of nitro benzene ring substituents is 1. The summed E-state index contributed by atoms with van der Waals surface area (Å²) in [6.07, 6.45) is 1.26. The number of nitro groups is 1. The van der Waals surface area contributed by atoms with Gasteiger partial charge in [0.2, 0.25) is 0 Å². The number of sulfonamides is 1.